The van der Waals surface area contributed by atoms with Gasteiger partial charge in [0.1, 0.15) is 11.5 Å². The third-order valence-electron chi connectivity index (χ3n) is 3.99. The summed E-state index contributed by atoms with van der Waals surface area (Å²) in [4.78, 5) is 16.3. The second-order valence-electron chi connectivity index (χ2n) is 5.56. The van der Waals surface area contributed by atoms with Gasteiger partial charge in [0.05, 0.1) is 35.9 Å². The average molecular weight is 368 g/mol. The van der Waals surface area contributed by atoms with Crippen molar-refractivity contribution in [3.05, 3.63) is 48.5 Å². The number of benzene rings is 2. The number of amides is 1. The minimum absolute atomic E-state index is 0.0404. The number of carbonyl (C=O) groups is 1. The van der Waals surface area contributed by atoms with Crippen LogP contribution >= 0.6 is 11.8 Å². The molecule has 0 spiro atoms. The van der Waals surface area contributed by atoms with Crippen LogP contribution in [0.4, 0.5) is 0 Å². The molecule has 1 N–H and O–H groups in total. The quantitative estimate of drug-likeness (QED) is 0.672. The second kappa shape index (κ2) is 8.10. The van der Waals surface area contributed by atoms with E-state index in [-0.39, 0.29) is 5.91 Å². The molecule has 0 fully saturated rings. The Bertz CT molecular complexity index is 929. The van der Waals surface area contributed by atoms with Crippen molar-refractivity contribution in [2.45, 2.75) is 5.03 Å². The van der Waals surface area contributed by atoms with Crippen molar-refractivity contribution >= 4 is 28.6 Å². The van der Waals surface area contributed by atoms with Crippen molar-refractivity contribution in [1.29, 1.82) is 0 Å². The number of carbonyl (C=O) groups excluding carboxylic acids is 1. The Hall–Kier alpha value is -2.73. The molecular weight excluding hydrogens is 348 g/mol. The zero-order valence-electron chi connectivity index (χ0n) is 14.9. The summed E-state index contributed by atoms with van der Waals surface area (Å²) >= 11 is 1.40. The molecule has 0 aliphatic carbocycles. The van der Waals surface area contributed by atoms with E-state index in [1.165, 1.54) is 11.8 Å². The first-order valence-electron chi connectivity index (χ1n) is 8.12. The highest BCUT2D eigenvalue weighted by Gasteiger charge is 2.15. The van der Waals surface area contributed by atoms with Crippen LogP contribution in [-0.2, 0) is 4.79 Å². The van der Waals surface area contributed by atoms with Crippen LogP contribution in [0, 0.1) is 0 Å². The lowest BCUT2D eigenvalue weighted by molar-refractivity contribution is -0.118. The lowest BCUT2D eigenvalue weighted by Crippen LogP contribution is -2.19. The van der Waals surface area contributed by atoms with Crippen molar-refractivity contribution in [2.24, 2.45) is 0 Å². The normalized spacial score (nSPS) is 10.6. The van der Waals surface area contributed by atoms with Gasteiger partial charge in [-0.3, -0.25) is 4.79 Å². The van der Waals surface area contributed by atoms with Gasteiger partial charge in [-0.15, -0.1) is 0 Å². The summed E-state index contributed by atoms with van der Waals surface area (Å²) in [7, 11) is 4.88. The lowest BCUT2D eigenvalue weighted by Gasteiger charge is -2.14. The monoisotopic (exact) mass is 368 g/mol. The Kier molecular flexibility index (Phi) is 5.63. The molecule has 5 nitrogen and oxygen atoms in total. The smallest absolute Gasteiger partial charge is 0.230 e. The molecule has 1 aromatic heterocycles. The number of thioether (sulfide) groups is 1. The van der Waals surface area contributed by atoms with Gasteiger partial charge in [-0.1, -0.05) is 42.1 Å². The molecule has 0 bridgehead atoms. The summed E-state index contributed by atoms with van der Waals surface area (Å²) in [5, 5.41) is 4.32. The van der Waals surface area contributed by atoms with E-state index in [0.29, 0.717) is 17.3 Å². The minimum atomic E-state index is -0.0404. The number of hydrogen-bond donors (Lipinski definition) is 1. The zero-order valence-corrected chi connectivity index (χ0v) is 15.7. The van der Waals surface area contributed by atoms with Crippen LogP contribution in [-0.4, -0.2) is 37.9 Å². The fraction of sp³-hybridized carbons (Fsp3) is 0.200. The molecule has 0 radical (unpaired) electrons. The van der Waals surface area contributed by atoms with Crippen LogP contribution in [0.15, 0.2) is 53.6 Å². The van der Waals surface area contributed by atoms with Gasteiger partial charge in [0.25, 0.3) is 0 Å². The van der Waals surface area contributed by atoms with Gasteiger partial charge >= 0.3 is 0 Å². The first-order chi connectivity index (χ1) is 12.7. The maximum absolute atomic E-state index is 11.6. The minimum Gasteiger partial charge on any atom is -0.497 e. The highest BCUT2D eigenvalue weighted by atomic mass is 32.2. The number of nitrogens with one attached hydrogen (secondary N) is 1. The molecule has 134 valence electrons. The summed E-state index contributed by atoms with van der Waals surface area (Å²) in [5.41, 5.74) is 2.83. The maximum atomic E-state index is 11.6. The third-order valence-corrected chi connectivity index (χ3v) is 4.90. The van der Waals surface area contributed by atoms with E-state index >= 15 is 0 Å². The van der Waals surface area contributed by atoms with E-state index in [2.05, 4.69) is 5.32 Å². The number of methoxy groups -OCH3 is 2. The molecule has 0 unspecified atom stereocenters. The number of hydrogen-bond acceptors (Lipinski definition) is 5. The molecule has 3 rings (SSSR count). The second-order valence-corrected chi connectivity index (χ2v) is 6.56. The molecule has 0 saturated carbocycles. The standard InChI is InChI=1S/C20H20N2O3S/c1-21-18(23)12-26-19-11-15(13-7-5-4-6-8-13)20-16(22-19)9-14(24-2)10-17(20)25-3/h4-11H,12H2,1-3H3,(H,21,23). The fourth-order valence-corrected chi connectivity index (χ4v) is 3.48. The Balaban J connectivity index is 2.21. The molecular formula is C20H20N2O3S. The largest absolute Gasteiger partial charge is 0.497 e. The Morgan fingerprint density at radius 3 is 2.54 bits per heavy atom. The summed E-state index contributed by atoms with van der Waals surface area (Å²) in [6.07, 6.45) is 0. The summed E-state index contributed by atoms with van der Waals surface area (Å²) < 4.78 is 11.0. The SMILES string of the molecule is CNC(=O)CSc1cc(-c2ccccc2)c2c(OC)cc(OC)cc2n1. The van der Waals surface area contributed by atoms with E-state index in [4.69, 9.17) is 14.5 Å². The van der Waals surface area contributed by atoms with Gasteiger partial charge in [0.2, 0.25) is 5.91 Å². The highest BCUT2D eigenvalue weighted by molar-refractivity contribution is 7.99. The first-order valence-corrected chi connectivity index (χ1v) is 9.10. The van der Waals surface area contributed by atoms with Gasteiger partial charge in [0, 0.05) is 19.2 Å². The first kappa shape index (κ1) is 18.1. The summed E-state index contributed by atoms with van der Waals surface area (Å²) in [5.74, 6) is 1.65. The number of fused-ring (bicyclic) bond motifs is 1. The molecule has 3 aromatic rings. The van der Waals surface area contributed by atoms with Crippen LogP contribution in [0.2, 0.25) is 0 Å². The van der Waals surface area contributed by atoms with Crippen LogP contribution in [0.25, 0.3) is 22.0 Å². The van der Waals surface area contributed by atoms with Gasteiger partial charge in [-0.25, -0.2) is 4.98 Å². The molecule has 0 aliphatic heterocycles. The molecule has 1 amide bonds. The van der Waals surface area contributed by atoms with Gasteiger partial charge in [0.15, 0.2) is 0 Å². The van der Waals surface area contributed by atoms with Crippen molar-refractivity contribution < 1.29 is 14.3 Å². The molecule has 0 saturated heterocycles. The van der Waals surface area contributed by atoms with E-state index in [0.717, 1.165) is 27.1 Å². The summed E-state index contributed by atoms with van der Waals surface area (Å²) in [6.45, 7) is 0. The Morgan fingerprint density at radius 1 is 1.12 bits per heavy atom. The number of ether oxygens (including phenoxy) is 2. The Labute approximate surface area is 156 Å². The third kappa shape index (κ3) is 3.75. The highest BCUT2D eigenvalue weighted by Crippen LogP contribution is 2.39. The van der Waals surface area contributed by atoms with Crippen LogP contribution in [0.3, 0.4) is 0 Å². The Morgan fingerprint density at radius 2 is 1.88 bits per heavy atom. The van der Waals surface area contributed by atoms with E-state index in [1.54, 1.807) is 21.3 Å². The van der Waals surface area contributed by atoms with E-state index in [1.807, 2.05) is 48.5 Å². The van der Waals surface area contributed by atoms with Crippen molar-refractivity contribution in [3.8, 4) is 22.6 Å². The number of aromatic nitrogens is 1. The fourth-order valence-electron chi connectivity index (χ4n) is 2.69. The number of nitrogens with zero attached hydrogens (tertiary/aromatic N) is 1. The van der Waals surface area contributed by atoms with E-state index in [9.17, 15) is 4.79 Å². The molecule has 0 atom stereocenters. The van der Waals surface area contributed by atoms with Gasteiger partial charge in [-0.05, 0) is 17.2 Å². The molecule has 1 heterocycles. The van der Waals surface area contributed by atoms with Crippen molar-refractivity contribution in [2.75, 3.05) is 27.0 Å². The summed E-state index contributed by atoms with van der Waals surface area (Å²) in [6, 6.07) is 15.8. The zero-order chi connectivity index (χ0) is 18.5. The van der Waals surface area contributed by atoms with Crippen LogP contribution < -0.4 is 14.8 Å². The molecule has 6 heteroatoms. The predicted molar refractivity (Wildman–Crippen MR) is 105 cm³/mol. The van der Waals surface area contributed by atoms with E-state index < -0.39 is 0 Å². The molecule has 26 heavy (non-hydrogen) atoms. The topological polar surface area (TPSA) is 60.5 Å². The number of rotatable bonds is 6. The van der Waals surface area contributed by atoms with Gasteiger partial charge < -0.3 is 14.8 Å². The van der Waals surface area contributed by atoms with Crippen molar-refractivity contribution in [1.82, 2.24) is 10.3 Å². The number of pyridine rings is 1. The van der Waals surface area contributed by atoms with Crippen LogP contribution in [0.1, 0.15) is 0 Å². The van der Waals surface area contributed by atoms with Crippen LogP contribution in [0.5, 0.6) is 11.5 Å². The predicted octanol–water partition coefficient (Wildman–Crippen LogP) is 3.76. The lowest BCUT2D eigenvalue weighted by atomic mass is 10.0. The average Bonchev–Trinajstić information content (AvgIpc) is 2.70. The molecule has 0 aliphatic rings. The molecule has 2 aromatic carbocycles. The maximum Gasteiger partial charge on any atom is 0.230 e. The van der Waals surface area contributed by atoms with Gasteiger partial charge in [-0.2, -0.15) is 0 Å². The van der Waals surface area contributed by atoms with Crippen molar-refractivity contribution in [3.63, 3.8) is 0 Å².